The van der Waals surface area contributed by atoms with E-state index in [1.807, 2.05) is 18.2 Å². The number of aromatic nitrogens is 2. The summed E-state index contributed by atoms with van der Waals surface area (Å²) in [6, 6.07) is 8.16. The van der Waals surface area contributed by atoms with E-state index in [4.69, 9.17) is 10.7 Å². The number of benzene rings is 1. The molecule has 0 aliphatic rings. The third kappa shape index (κ3) is 3.44. The summed E-state index contributed by atoms with van der Waals surface area (Å²) in [5, 5.41) is 10.5. The van der Waals surface area contributed by atoms with Gasteiger partial charge in [0, 0.05) is 13.0 Å². The van der Waals surface area contributed by atoms with Gasteiger partial charge in [-0.15, -0.1) is 0 Å². The average molecular weight is 289 g/mol. The van der Waals surface area contributed by atoms with Gasteiger partial charge >= 0.3 is 0 Å². The molecule has 1 aromatic heterocycles. The molecular weight excluding hydrogens is 262 g/mol. The number of nitrogens with zero attached hydrogens (tertiary/aromatic N) is 2. The molecular formula is C17H27N3O. The number of imidazole rings is 1. The molecule has 0 aliphatic heterocycles. The lowest BCUT2D eigenvalue weighted by Gasteiger charge is -2.25. The first kappa shape index (κ1) is 16.0. The minimum atomic E-state index is -0.442. The lowest BCUT2D eigenvalue weighted by molar-refractivity contribution is 0.0839. The van der Waals surface area contributed by atoms with Gasteiger partial charge in [0.1, 0.15) is 5.82 Å². The fourth-order valence-corrected chi connectivity index (χ4v) is 2.97. The van der Waals surface area contributed by atoms with Crippen LogP contribution in [0.15, 0.2) is 24.3 Å². The van der Waals surface area contributed by atoms with Gasteiger partial charge in [-0.25, -0.2) is 4.98 Å². The van der Waals surface area contributed by atoms with Gasteiger partial charge in [0.05, 0.1) is 17.1 Å². The Labute approximate surface area is 127 Å². The van der Waals surface area contributed by atoms with Crippen molar-refractivity contribution in [1.29, 1.82) is 0 Å². The quantitative estimate of drug-likeness (QED) is 0.823. The first-order valence-corrected chi connectivity index (χ1v) is 7.90. The molecule has 0 fully saturated rings. The Balaban J connectivity index is 2.30. The number of aliphatic hydroxyl groups is 1. The van der Waals surface area contributed by atoms with Crippen molar-refractivity contribution in [2.75, 3.05) is 6.54 Å². The van der Waals surface area contributed by atoms with Crippen molar-refractivity contribution in [2.24, 2.45) is 17.6 Å². The van der Waals surface area contributed by atoms with Crippen LogP contribution in [0.25, 0.3) is 11.0 Å². The van der Waals surface area contributed by atoms with Crippen LogP contribution in [0.5, 0.6) is 0 Å². The number of nitrogens with two attached hydrogens (primary N) is 1. The van der Waals surface area contributed by atoms with Gasteiger partial charge in [-0.2, -0.15) is 0 Å². The summed E-state index contributed by atoms with van der Waals surface area (Å²) in [7, 11) is 0. The Morgan fingerprint density at radius 2 is 2.00 bits per heavy atom. The molecule has 0 bridgehead atoms. The first-order valence-electron chi connectivity index (χ1n) is 7.90. The topological polar surface area (TPSA) is 64.1 Å². The Hall–Kier alpha value is -1.39. The zero-order valence-electron chi connectivity index (χ0n) is 13.3. The SMILES string of the molecule is CCCn1c(CC(O)C(CN)C(C)C)nc2ccccc21. The molecule has 1 heterocycles. The maximum absolute atomic E-state index is 10.5. The first-order chi connectivity index (χ1) is 10.1. The third-order valence-corrected chi connectivity index (χ3v) is 4.20. The second-order valence-corrected chi connectivity index (χ2v) is 6.08. The summed E-state index contributed by atoms with van der Waals surface area (Å²) in [6.07, 6.45) is 1.17. The fraction of sp³-hybridized carbons (Fsp3) is 0.588. The highest BCUT2D eigenvalue weighted by Crippen LogP contribution is 2.21. The van der Waals surface area contributed by atoms with E-state index in [1.54, 1.807) is 0 Å². The van der Waals surface area contributed by atoms with Crippen molar-refractivity contribution >= 4 is 11.0 Å². The van der Waals surface area contributed by atoms with E-state index in [-0.39, 0.29) is 5.92 Å². The van der Waals surface area contributed by atoms with Crippen LogP contribution in [0.2, 0.25) is 0 Å². The van der Waals surface area contributed by atoms with Gasteiger partial charge in [0.15, 0.2) is 0 Å². The minimum absolute atomic E-state index is 0.111. The number of hydrogen-bond acceptors (Lipinski definition) is 3. The maximum atomic E-state index is 10.5. The van der Waals surface area contributed by atoms with Gasteiger partial charge in [0.2, 0.25) is 0 Å². The number of hydrogen-bond donors (Lipinski definition) is 2. The van der Waals surface area contributed by atoms with Gasteiger partial charge < -0.3 is 15.4 Å². The summed E-state index contributed by atoms with van der Waals surface area (Å²) in [5.41, 5.74) is 7.96. The molecule has 0 radical (unpaired) electrons. The van der Waals surface area contributed by atoms with Gasteiger partial charge in [0.25, 0.3) is 0 Å². The third-order valence-electron chi connectivity index (χ3n) is 4.20. The number of aryl methyl sites for hydroxylation is 1. The Bertz CT molecular complexity index is 576. The molecule has 116 valence electrons. The van der Waals surface area contributed by atoms with E-state index in [1.165, 1.54) is 0 Å². The summed E-state index contributed by atoms with van der Waals surface area (Å²) in [5.74, 6) is 1.44. The highest BCUT2D eigenvalue weighted by molar-refractivity contribution is 5.75. The number of rotatable bonds is 7. The second-order valence-electron chi connectivity index (χ2n) is 6.08. The fourth-order valence-electron chi connectivity index (χ4n) is 2.97. The highest BCUT2D eigenvalue weighted by atomic mass is 16.3. The maximum Gasteiger partial charge on any atom is 0.112 e. The number of aliphatic hydroxyl groups excluding tert-OH is 1. The normalized spacial score (nSPS) is 14.8. The van der Waals surface area contributed by atoms with Crippen LogP contribution in [0, 0.1) is 11.8 Å². The minimum Gasteiger partial charge on any atom is -0.392 e. The van der Waals surface area contributed by atoms with Crippen LogP contribution in [0.1, 0.15) is 33.0 Å². The van der Waals surface area contributed by atoms with Crippen molar-refractivity contribution in [1.82, 2.24) is 9.55 Å². The van der Waals surface area contributed by atoms with E-state index in [2.05, 4.69) is 31.4 Å². The molecule has 2 aromatic rings. The second kappa shape index (κ2) is 7.05. The van der Waals surface area contributed by atoms with E-state index >= 15 is 0 Å². The van der Waals surface area contributed by atoms with Crippen LogP contribution in [0.3, 0.4) is 0 Å². The molecule has 0 spiro atoms. The van der Waals surface area contributed by atoms with Gasteiger partial charge in [-0.1, -0.05) is 32.9 Å². The summed E-state index contributed by atoms with van der Waals surface area (Å²) < 4.78 is 2.23. The monoisotopic (exact) mass is 289 g/mol. The zero-order valence-corrected chi connectivity index (χ0v) is 13.3. The molecule has 3 N–H and O–H groups in total. The van der Waals surface area contributed by atoms with Crippen molar-refractivity contribution < 1.29 is 5.11 Å². The highest BCUT2D eigenvalue weighted by Gasteiger charge is 2.23. The summed E-state index contributed by atoms with van der Waals surface area (Å²) in [6.45, 7) is 7.81. The number of fused-ring (bicyclic) bond motifs is 1. The molecule has 21 heavy (non-hydrogen) atoms. The lowest BCUT2D eigenvalue weighted by atomic mass is 9.88. The van der Waals surface area contributed by atoms with Crippen LogP contribution in [0.4, 0.5) is 0 Å². The van der Waals surface area contributed by atoms with Crippen molar-refractivity contribution in [3.63, 3.8) is 0 Å². The molecule has 4 nitrogen and oxygen atoms in total. The van der Waals surface area contributed by atoms with Crippen molar-refractivity contribution in [3.05, 3.63) is 30.1 Å². The smallest absolute Gasteiger partial charge is 0.112 e. The van der Waals surface area contributed by atoms with E-state index in [0.29, 0.717) is 18.9 Å². The predicted molar refractivity (Wildman–Crippen MR) is 87.1 cm³/mol. The van der Waals surface area contributed by atoms with E-state index < -0.39 is 6.10 Å². The number of para-hydroxylation sites is 2. The molecule has 0 amide bonds. The molecule has 2 unspecified atom stereocenters. The van der Waals surface area contributed by atoms with Gasteiger partial charge in [-0.3, -0.25) is 0 Å². The lowest BCUT2D eigenvalue weighted by Crippen LogP contribution is -2.34. The molecule has 0 saturated heterocycles. The van der Waals surface area contributed by atoms with E-state index in [9.17, 15) is 5.11 Å². The zero-order chi connectivity index (χ0) is 15.4. The summed E-state index contributed by atoms with van der Waals surface area (Å²) >= 11 is 0. The average Bonchev–Trinajstić information content (AvgIpc) is 2.77. The molecule has 4 heteroatoms. The molecule has 2 rings (SSSR count). The molecule has 1 aromatic carbocycles. The Morgan fingerprint density at radius 3 is 2.62 bits per heavy atom. The largest absolute Gasteiger partial charge is 0.392 e. The Kier molecular flexibility index (Phi) is 5.37. The van der Waals surface area contributed by atoms with Crippen molar-refractivity contribution in [2.45, 2.75) is 46.3 Å². The van der Waals surface area contributed by atoms with Gasteiger partial charge in [-0.05, 0) is 36.9 Å². The molecule has 0 saturated carbocycles. The van der Waals surface area contributed by atoms with Crippen LogP contribution in [-0.4, -0.2) is 27.3 Å². The van der Waals surface area contributed by atoms with E-state index in [0.717, 1.165) is 29.8 Å². The van der Waals surface area contributed by atoms with Crippen LogP contribution >= 0.6 is 0 Å². The van der Waals surface area contributed by atoms with Crippen LogP contribution < -0.4 is 5.73 Å². The van der Waals surface area contributed by atoms with Crippen molar-refractivity contribution in [3.8, 4) is 0 Å². The summed E-state index contributed by atoms with van der Waals surface area (Å²) in [4.78, 5) is 4.71. The standard InChI is InChI=1S/C17H27N3O/c1-4-9-20-15-8-6-5-7-14(15)19-17(20)10-16(21)13(11-18)12(2)3/h5-8,12-13,16,21H,4,9-11,18H2,1-3H3. The molecule has 0 aliphatic carbocycles. The Morgan fingerprint density at radius 1 is 1.29 bits per heavy atom. The molecule has 2 atom stereocenters. The predicted octanol–water partition coefficient (Wildman–Crippen LogP) is 2.58. The van der Waals surface area contributed by atoms with Crippen LogP contribution in [-0.2, 0) is 13.0 Å².